The van der Waals surface area contributed by atoms with Gasteiger partial charge in [-0.05, 0) is 43.4 Å². The summed E-state index contributed by atoms with van der Waals surface area (Å²) < 4.78 is 1.86. The van der Waals surface area contributed by atoms with Gasteiger partial charge < -0.3 is 9.80 Å². The van der Waals surface area contributed by atoms with Crippen molar-refractivity contribution < 1.29 is 4.79 Å². The van der Waals surface area contributed by atoms with Crippen molar-refractivity contribution in [2.75, 3.05) is 32.1 Å². The number of benzene rings is 1. The molecule has 3 heterocycles. The van der Waals surface area contributed by atoms with Crippen LogP contribution in [0.25, 0.3) is 5.65 Å². The molecule has 1 aliphatic heterocycles. The summed E-state index contributed by atoms with van der Waals surface area (Å²) >= 11 is 0. The highest BCUT2D eigenvalue weighted by Crippen LogP contribution is 2.50. The van der Waals surface area contributed by atoms with E-state index in [0.717, 1.165) is 61.6 Å². The number of piperidine rings is 1. The summed E-state index contributed by atoms with van der Waals surface area (Å²) in [6, 6.07) is 14.2. The second kappa shape index (κ2) is 6.83. The predicted molar refractivity (Wildman–Crippen MR) is 111 cm³/mol. The largest absolute Gasteiger partial charge is 0.361 e. The summed E-state index contributed by atoms with van der Waals surface area (Å²) in [6.45, 7) is 1.53. The highest BCUT2D eigenvalue weighted by molar-refractivity contribution is 5.91. The Bertz CT molecular complexity index is 1030. The minimum Gasteiger partial charge on any atom is -0.361 e. The summed E-state index contributed by atoms with van der Waals surface area (Å²) in [5, 5.41) is 13.4. The van der Waals surface area contributed by atoms with Crippen LogP contribution in [0, 0.1) is 0 Å². The molecule has 1 saturated heterocycles. The van der Waals surface area contributed by atoms with Gasteiger partial charge in [-0.25, -0.2) is 0 Å². The number of hydrogen-bond donors (Lipinski definition) is 0. The van der Waals surface area contributed by atoms with Crippen LogP contribution in [-0.2, 0) is 10.2 Å². The minimum atomic E-state index is -0.280. The molecule has 0 unspecified atom stereocenters. The fraction of sp³-hybridized carbons (Fsp3) is 0.455. The van der Waals surface area contributed by atoms with Gasteiger partial charge in [-0.15, -0.1) is 15.3 Å². The second-order valence-corrected chi connectivity index (χ2v) is 8.43. The van der Waals surface area contributed by atoms with Gasteiger partial charge in [-0.1, -0.05) is 30.3 Å². The first kappa shape index (κ1) is 18.1. The molecule has 0 atom stereocenters. The normalized spacial score (nSPS) is 18.8. The maximum Gasteiger partial charge on any atom is 0.233 e. The SMILES string of the molecule is CN(C)c1ccc2nnc(C3CCN(C(=O)C4(c5ccccc5)CC4)CC3)n2n1. The van der Waals surface area contributed by atoms with E-state index < -0.39 is 0 Å². The van der Waals surface area contributed by atoms with Gasteiger partial charge in [0.1, 0.15) is 5.82 Å². The van der Waals surface area contributed by atoms with Gasteiger partial charge in [0.05, 0.1) is 5.41 Å². The Hall–Kier alpha value is -2.96. The van der Waals surface area contributed by atoms with Crippen LogP contribution in [0.15, 0.2) is 42.5 Å². The van der Waals surface area contributed by atoms with Gasteiger partial charge in [-0.3, -0.25) is 4.79 Å². The lowest BCUT2D eigenvalue weighted by Crippen LogP contribution is -2.43. The molecule has 1 aromatic carbocycles. The zero-order chi connectivity index (χ0) is 20.0. The van der Waals surface area contributed by atoms with Crippen molar-refractivity contribution in [3.63, 3.8) is 0 Å². The molecule has 1 saturated carbocycles. The zero-order valence-electron chi connectivity index (χ0n) is 17.0. The molecule has 3 aromatic rings. The highest BCUT2D eigenvalue weighted by Gasteiger charge is 2.53. The quantitative estimate of drug-likeness (QED) is 0.685. The summed E-state index contributed by atoms with van der Waals surface area (Å²) in [5.41, 5.74) is 1.65. The fourth-order valence-corrected chi connectivity index (χ4v) is 4.44. The van der Waals surface area contributed by atoms with Crippen molar-refractivity contribution in [2.45, 2.75) is 37.0 Å². The first-order chi connectivity index (χ1) is 14.1. The lowest BCUT2D eigenvalue weighted by molar-refractivity contribution is -0.135. The number of rotatable bonds is 4. The van der Waals surface area contributed by atoms with Crippen LogP contribution >= 0.6 is 0 Å². The van der Waals surface area contributed by atoms with Gasteiger partial charge in [0.2, 0.25) is 5.91 Å². The summed E-state index contributed by atoms with van der Waals surface area (Å²) in [7, 11) is 3.95. The van der Waals surface area contributed by atoms with Crippen molar-refractivity contribution in [1.82, 2.24) is 24.7 Å². The van der Waals surface area contributed by atoms with Crippen molar-refractivity contribution in [3.05, 3.63) is 53.9 Å². The van der Waals surface area contributed by atoms with Crippen LogP contribution in [0.5, 0.6) is 0 Å². The molecule has 7 nitrogen and oxygen atoms in total. The lowest BCUT2D eigenvalue weighted by atomic mass is 9.91. The smallest absolute Gasteiger partial charge is 0.233 e. The zero-order valence-corrected chi connectivity index (χ0v) is 17.0. The van der Waals surface area contributed by atoms with E-state index in [-0.39, 0.29) is 11.3 Å². The fourth-order valence-electron chi connectivity index (χ4n) is 4.44. The van der Waals surface area contributed by atoms with Gasteiger partial charge in [0.25, 0.3) is 0 Å². The summed E-state index contributed by atoms with van der Waals surface area (Å²) in [4.78, 5) is 17.3. The van der Waals surface area contributed by atoms with Gasteiger partial charge in [0, 0.05) is 33.1 Å². The molecule has 2 fully saturated rings. The molecular weight excluding hydrogens is 364 g/mol. The molecule has 1 aliphatic carbocycles. The Balaban J connectivity index is 1.32. The molecule has 0 spiro atoms. The second-order valence-electron chi connectivity index (χ2n) is 8.43. The van der Waals surface area contributed by atoms with Crippen molar-refractivity contribution >= 4 is 17.4 Å². The van der Waals surface area contributed by atoms with E-state index in [4.69, 9.17) is 0 Å². The predicted octanol–water partition coefficient (Wildman–Crippen LogP) is 2.63. The van der Waals surface area contributed by atoms with E-state index >= 15 is 0 Å². The van der Waals surface area contributed by atoms with Crippen LogP contribution < -0.4 is 4.90 Å². The molecule has 1 amide bonds. The minimum absolute atomic E-state index is 0.269. The Morgan fingerprint density at radius 1 is 1.03 bits per heavy atom. The monoisotopic (exact) mass is 390 g/mol. The van der Waals surface area contributed by atoms with Crippen LogP contribution in [0.4, 0.5) is 5.82 Å². The average Bonchev–Trinajstić information content (AvgIpc) is 3.47. The Morgan fingerprint density at radius 3 is 2.41 bits per heavy atom. The number of hydrogen-bond acceptors (Lipinski definition) is 5. The molecule has 2 aliphatic rings. The maximum atomic E-state index is 13.3. The maximum absolute atomic E-state index is 13.3. The third-order valence-electron chi connectivity index (χ3n) is 6.36. The van der Waals surface area contributed by atoms with E-state index in [0.29, 0.717) is 5.91 Å². The number of amides is 1. The Labute approximate surface area is 170 Å². The van der Waals surface area contributed by atoms with Crippen molar-refractivity contribution in [1.29, 1.82) is 0 Å². The molecule has 2 aromatic heterocycles. The van der Waals surface area contributed by atoms with E-state index in [1.54, 1.807) is 0 Å². The number of aromatic nitrogens is 4. The topological polar surface area (TPSA) is 66.6 Å². The lowest BCUT2D eigenvalue weighted by Gasteiger charge is -2.34. The third-order valence-corrected chi connectivity index (χ3v) is 6.36. The van der Waals surface area contributed by atoms with Crippen molar-refractivity contribution in [2.24, 2.45) is 0 Å². The molecule has 5 rings (SSSR count). The van der Waals surface area contributed by atoms with E-state index in [1.807, 2.05) is 53.8 Å². The van der Waals surface area contributed by atoms with Crippen molar-refractivity contribution in [3.8, 4) is 0 Å². The molecule has 0 bridgehead atoms. The van der Waals surface area contributed by atoms with Crippen LogP contribution in [0.2, 0.25) is 0 Å². The first-order valence-electron chi connectivity index (χ1n) is 10.3. The highest BCUT2D eigenvalue weighted by atomic mass is 16.2. The summed E-state index contributed by atoms with van der Waals surface area (Å²) in [6.07, 6.45) is 3.71. The van der Waals surface area contributed by atoms with E-state index in [9.17, 15) is 4.79 Å². The van der Waals surface area contributed by atoms with Crippen LogP contribution in [0.3, 0.4) is 0 Å². The molecule has 7 heteroatoms. The number of fused-ring (bicyclic) bond motifs is 1. The number of likely N-dealkylation sites (tertiary alicyclic amines) is 1. The average molecular weight is 390 g/mol. The standard InChI is InChI=1S/C22H26N6O/c1-26(2)19-9-8-18-23-24-20(28(18)25-19)16-10-14-27(15-11-16)21(29)22(12-13-22)17-6-4-3-5-7-17/h3-9,16H,10-15H2,1-2H3. The van der Waals surface area contributed by atoms with Crippen LogP contribution in [-0.4, -0.2) is 57.8 Å². The molecule has 0 radical (unpaired) electrons. The number of carbonyl (C=O) groups is 1. The third kappa shape index (κ3) is 3.05. The van der Waals surface area contributed by atoms with E-state index in [1.165, 1.54) is 0 Å². The molecule has 29 heavy (non-hydrogen) atoms. The Morgan fingerprint density at radius 2 is 1.76 bits per heavy atom. The van der Waals surface area contributed by atoms with Gasteiger partial charge in [0.15, 0.2) is 11.5 Å². The van der Waals surface area contributed by atoms with Crippen LogP contribution in [0.1, 0.15) is 43.0 Å². The number of anilines is 1. The molecule has 0 N–H and O–H groups in total. The molecule has 150 valence electrons. The Kier molecular flexibility index (Phi) is 4.26. The number of nitrogens with zero attached hydrogens (tertiary/aromatic N) is 6. The number of carbonyl (C=O) groups excluding carboxylic acids is 1. The van der Waals surface area contributed by atoms with E-state index in [2.05, 4.69) is 32.3 Å². The van der Waals surface area contributed by atoms with Gasteiger partial charge in [-0.2, -0.15) is 4.52 Å². The summed E-state index contributed by atoms with van der Waals surface area (Å²) in [5.74, 6) is 2.34. The first-order valence-corrected chi connectivity index (χ1v) is 10.3. The van der Waals surface area contributed by atoms with Gasteiger partial charge >= 0.3 is 0 Å². The molecular formula is C22H26N6O.